The maximum absolute atomic E-state index is 13.2. The Balaban J connectivity index is 1.06. The minimum absolute atomic E-state index is 0.0550. The average Bonchev–Trinajstić information content (AvgIpc) is 3.75. The van der Waals surface area contributed by atoms with Crippen molar-refractivity contribution in [3.05, 3.63) is 83.9 Å². The highest BCUT2D eigenvalue weighted by Crippen LogP contribution is 2.51. The molecule has 2 amide bonds. The number of anilines is 2. The van der Waals surface area contributed by atoms with Crippen LogP contribution in [0, 0.1) is 0 Å². The van der Waals surface area contributed by atoms with E-state index in [-0.39, 0.29) is 12.0 Å². The normalized spacial score (nSPS) is 24.8. The van der Waals surface area contributed by atoms with E-state index in [1.165, 1.54) is 0 Å². The molecule has 8 heteroatoms. The molecular weight excluding hydrogens is 530 g/mol. The van der Waals surface area contributed by atoms with Crippen LogP contribution in [0.1, 0.15) is 48.0 Å². The Morgan fingerprint density at radius 3 is 2.33 bits per heavy atom. The molecule has 0 unspecified atom stereocenters. The number of amides is 2. The van der Waals surface area contributed by atoms with Gasteiger partial charge in [0.2, 0.25) is 5.91 Å². The molecule has 0 radical (unpaired) electrons. The molecule has 0 spiro atoms. The molecule has 3 aromatic carbocycles. The van der Waals surface area contributed by atoms with Crippen molar-refractivity contribution >= 4 is 29.7 Å². The van der Waals surface area contributed by atoms with Gasteiger partial charge in [-0.15, -0.1) is 0 Å². The van der Waals surface area contributed by atoms with Gasteiger partial charge in [-0.2, -0.15) is 0 Å². The van der Waals surface area contributed by atoms with E-state index in [4.69, 9.17) is 9.47 Å². The maximum atomic E-state index is 13.2. The van der Waals surface area contributed by atoms with Crippen LogP contribution >= 0.6 is 0 Å². The van der Waals surface area contributed by atoms with Crippen LogP contribution in [0.3, 0.4) is 0 Å². The molecule has 2 N–H and O–H groups in total. The number of piperidine rings is 1. The van der Waals surface area contributed by atoms with Gasteiger partial charge in [0.25, 0.3) is 0 Å². The maximum Gasteiger partial charge on any atom is 0.411 e. The molecular formula is C34H38N3O5+. The second kappa shape index (κ2) is 11.7. The predicted octanol–water partition coefficient (Wildman–Crippen LogP) is 5.82. The van der Waals surface area contributed by atoms with Crippen molar-refractivity contribution in [2.45, 2.75) is 68.9 Å². The van der Waals surface area contributed by atoms with E-state index >= 15 is 0 Å². The summed E-state index contributed by atoms with van der Waals surface area (Å²) in [6.45, 7) is 0. The Bertz CT molecular complexity index is 1440. The molecule has 3 saturated heterocycles. The Labute approximate surface area is 246 Å². The number of ether oxygens (including phenoxy) is 2. The van der Waals surface area contributed by atoms with Crippen LogP contribution in [0.25, 0.3) is 11.1 Å². The van der Waals surface area contributed by atoms with Gasteiger partial charge in [0, 0.05) is 36.1 Å². The van der Waals surface area contributed by atoms with Gasteiger partial charge in [-0.05, 0) is 60.7 Å². The van der Waals surface area contributed by atoms with E-state index in [0.29, 0.717) is 42.0 Å². The van der Waals surface area contributed by atoms with Crippen molar-refractivity contribution in [3.8, 4) is 11.1 Å². The summed E-state index contributed by atoms with van der Waals surface area (Å²) in [6, 6.07) is 23.7. The van der Waals surface area contributed by atoms with Gasteiger partial charge in [0.05, 0.1) is 19.8 Å². The molecule has 3 heterocycles. The minimum Gasteiger partial charge on any atom is -0.445 e. The number of hydrogen-bond acceptors (Lipinski definition) is 5. The summed E-state index contributed by atoms with van der Waals surface area (Å²) in [7, 11) is 4.53. The van der Waals surface area contributed by atoms with Crippen molar-refractivity contribution < 1.29 is 28.3 Å². The summed E-state index contributed by atoms with van der Waals surface area (Å²) in [5, 5.41) is 5.93. The molecule has 42 heavy (non-hydrogen) atoms. The van der Waals surface area contributed by atoms with Crippen LogP contribution in [0.15, 0.2) is 72.8 Å². The number of likely N-dealkylation sites (N-methyl/N-ethyl adjacent to an activating group) is 1. The number of rotatable bonds is 10. The first kappa shape index (κ1) is 28.1. The van der Waals surface area contributed by atoms with Crippen LogP contribution in [-0.2, 0) is 20.7 Å². The van der Waals surface area contributed by atoms with Crippen LogP contribution in [0.5, 0.6) is 0 Å². The first-order valence-corrected chi connectivity index (χ1v) is 14.8. The second-order valence-corrected chi connectivity index (χ2v) is 12.2. The van der Waals surface area contributed by atoms with Gasteiger partial charge in [0.15, 0.2) is 0 Å². The fraction of sp³-hybridized carbons (Fsp3) is 0.382. The molecule has 5 atom stereocenters. The van der Waals surface area contributed by atoms with E-state index in [9.17, 15) is 14.4 Å². The minimum atomic E-state index is -0.423. The van der Waals surface area contributed by atoms with E-state index < -0.39 is 6.09 Å². The first-order valence-electron chi connectivity index (χ1n) is 14.8. The molecule has 0 aliphatic carbocycles. The topological polar surface area (TPSA) is 97.0 Å². The zero-order chi connectivity index (χ0) is 29.3. The molecule has 3 aliphatic rings. The van der Waals surface area contributed by atoms with Crippen LogP contribution in [-0.4, -0.2) is 67.3 Å². The predicted molar refractivity (Wildman–Crippen MR) is 161 cm³/mol. The number of aryl methyl sites for hydroxylation is 1. The van der Waals surface area contributed by atoms with Crippen LogP contribution in [0.2, 0.25) is 0 Å². The lowest BCUT2D eigenvalue weighted by Crippen LogP contribution is -2.60. The Kier molecular flexibility index (Phi) is 7.84. The molecule has 0 aromatic heterocycles. The quantitative estimate of drug-likeness (QED) is 0.139. The summed E-state index contributed by atoms with van der Waals surface area (Å²) < 4.78 is 12.8. The molecule has 6 rings (SSSR count). The van der Waals surface area contributed by atoms with Gasteiger partial charge in [0.1, 0.15) is 36.7 Å². The largest absolute Gasteiger partial charge is 0.445 e. The van der Waals surface area contributed by atoms with Gasteiger partial charge in [-0.25, -0.2) is 4.79 Å². The van der Waals surface area contributed by atoms with E-state index in [2.05, 4.69) is 30.8 Å². The van der Waals surface area contributed by atoms with Gasteiger partial charge >= 0.3 is 6.09 Å². The van der Waals surface area contributed by atoms with Gasteiger partial charge in [-0.1, -0.05) is 42.5 Å². The Morgan fingerprint density at radius 2 is 1.64 bits per heavy atom. The summed E-state index contributed by atoms with van der Waals surface area (Å²) >= 11 is 0. The second-order valence-electron chi connectivity index (χ2n) is 12.2. The molecule has 218 valence electrons. The number of morpholine rings is 1. The summed E-state index contributed by atoms with van der Waals surface area (Å²) in [5.41, 5.74) is 5.02. The van der Waals surface area contributed by atoms with Crippen molar-refractivity contribution in [2.75, 3.05) is 24.7 Å². The highest BCUT2D eigenvalue weighted by Gasteiger charge is 2.70. The fourth-order valence-corrected chi connectivity index (χ4v) is 6.80. The van der Waals surface area contributed by atoms with Crippen molar-refractivity contribution in [2.24, 2.45) is 0 Å². The third-order valence-electron chi connectivity index (χ3n) is 9.17. The zero-order valence-corrected chi connectivity index (χ0v) is 24.1. The molecule has 3 aromatic rings. The van der Waals surface area contributed by atoms with Crippen molar-refractivity contribution in [1.29, 1.82) is 0 Å². The van der Waals surface area contributed by atoms with Crippen molar-refractivity contribution in [3.63, 3.8) is 0 Å². The van der Waals surface area contributed by atoms with Gasteiger partial charge in [-0.3, -0.25) is 14.9 Å². The summed E-state index contributed by atoms with van der Waals surface area (Å²) in [6.07, 6.45) is 5.25. The van der Waals surface area contributed by atoms with E-state index in [1.807, 2.05) is 42.5 Å². The Hall–Kier alpha value is -4.01. The third kappa shape index (κ3) is 5.96. The lowest BCUT2D eigenvalue weighted by molar-refractivity contribution is -0.938. The fourth-order valence-electron chi connectivity index (χ4n) is 6.80. The van der Waals surface area contributed by atoms with Gasteiger partial charge < -0.3 is 19.3 Å². The van der Waals surface area contributed by atoms with Crippen LogP contribution in [0.4, 0.5) is 16.2 Å². The van der Waals surface area contributed by atoms with Crippen LogP contribution < -0.4 is 10.6 Å². The third-order valence-corrected chi connectivity index (χ3v) is 9.17. The number of benzene rings is 3. The lowest BCUT2D eigenvalue weighted by atomic mass is 9.96. The first-order chi connectivity index (χ1) is 20.3. The number of nitrogens with zero attached hydrogens (tertiary/aromatic N) is 1. The van der Waals surface area contributed by atoms with Crippen molar-refractivity contribution in [1.82, 2.24) is 0 Å². The Morgan fingerprint density at radius 1 is 0.929 bits per heavy atom. The lowest BCUT2D eigenvalue weighted by Gasteiger charge is -2.45. The number of nitrogens with one attached hydrogen (secondary N) is 2. The summed E-state index contributed by atoms with van der Waals surface area (Å²) in [5.74, 6) is -0.0550. The molecule has 3 fully saturated rings. The number of carbonyl (C=O) groups excluding carboxylic acids is 3. The SMILES string of the molecule is C[N+]1(C)[C@@H]2C[C@@H](OC(=O)Nc3cc(CCCCC(=O)Nc4ccc(C=O)cc4)ccc3-c3ccccc3)C[C@H]1[C@@H]1O[C@@H]12. The number of epoxide rings is 1. The number of aldehydes is 1. The highest BCUT2D eigenvalue weighted by molar-refractivity contribution is 5.92. The molecule has 2 bridgehead atoms. The number of unbranched alkanes of at least 4 members (excludes halogenated alkanes) is 1. The zero-order valence-electron chi connectivity index (χ0n) is 24.1. The smallest absolute Gasteiger partial charge is 0.411 e. The molecule has 0 saturated carbocycles. The molecule has 3 aliphatic heterocycles. The standard InChI is InChI=1S/C34H37N3O5/c1-37(2)29-19-26(20-30(37)33-32(29)42-33)41-34(40)36-28-18-22(14-17-27(28)24-9-4-3-5-10-24)8-6-7-11-31(39)35-25-15-12-23(21-38)13-16-25/h3-5,9-10,12-18,21,26,29-30,32-33H,6-8,11,19-20H2,1-2H3,(H-,35,36,38,39,40)/p+1/t26-,29-,30+,32-,33+. The number of hydrogen-bond donors (Lipinski definition) is 2. The number of carbonyl (C=O) groups is 3. The highest BCUT2D eigenvalue weighted by atomic mass is 16.6. The monoisotopic (exact) mass is 568 g/mol. The average molecular weight is 569 g/mol. The molecule has 8 nitrogen and oxygen atoms in total. The van der Waals surface area contributed by atoms with E-state index in [1.54, 1.807) is 24.3 Å². The number of quaternary nitrogens is 1. The van der Waals surface area contributed by atoms with E-state index in [0.717, 1.165) is 65.3 Å². The summed E-state index contributed by atoms with van der Waals surface area (Å²) in [4.78, 5) is 36.3. The number of fused-ring (bicyclic) bond motifs is 5.